The van der Waals surface area contributed by atoms with Crippen LogP contribution in [0.25, 0.3) is 0 Å². The molecule has 9 heteroatoms. The van der Waals surface area contributed by atoms with Crippen LogP contribution in [-0.4, -0.2) is 68.1 Å². The van der Waals surface area contributed by atoms with Gasteiger partial charge in [-0.05, 0) is 32.8 Å². The highest BCUT2D eigenvalue weighted by atomic mass is 32.2. The van der Waals surface area contributed by atoms with Crippen molar-refractivity contribution in [3.8, 4) is 11.5 Å². The van der Waals surface area contributed by atoms with Gasteiger partial charge in [-0.3, -0.25) is 4.79 Å². The number of benzene rings is 1. The second kappa shape index (κ2) is 9.46. The van der Waals surface area contributed by atoms with E-state index < -0.39 is 22.4 Å². The van der Waals surface area contributed by atoms with Gasteiger partial charge in [-0.25, -0.2) is 13.2 Å². The first-order valence-electron chi connectivity index (χ1n) is 10.7. The lowest BCUT2D eigenvalue weighted by Crippen LogP contribution is -2.44. The van der Waals surface area contributed by atoms with Crippen molar-refractivity contribution in [1.82, 2.24) is 4.90 Å². The Kier molecular flexibility index (Phi) is 7.13. The summed E-state index contributed by atoms with van der Waals surface area (Å²) >= 11 is 0. The molecule has 0 saturated carbocycles. The Labute approximate surface area is 183 Å². The summed E-state index contributed by atoms with van der Waals surface area (Å²) < 4.78 is 40.2. The number of hydrogen-bond donors (Lipinski definition) is 0. The maximum absolute atomic E-state index is 12.6. The summed E-state index contributed by atoms with van der Waals surface area (Å²) in [6.45, 7) is 5.63. The maximum atomic E-state index is 12.6. The van der Waals surface area contributed by atoms with E-state index in [1.807, 2.05) is 32.9 Å². The number of para-hydroxylation sites is 1. The molecule has 2 aliphatic heterocycles. The molecule has 1 atom stereocenters. The highest BCUT2D eigenvalue weighted by molar-refractivity contribution is 7.91. The third-order valence-electron chi connectivity index (χ3n) is 5.48. The Balaban J connectivity index is 1.52. The second-order valence-electron chi connectivity index (χ2n) is 8.73. The van der Waals surface area contributed by atoms with Gasteiger partial charge in [-0.15, -0.1) is 0 Å². The Morgan fingerprint density at radius 1 is 1.26 bits per heavy atom. The van der Waals surface area contributed by atoms with Gasteiger partial charge in [-0.1, -0.05) is 25.5 Å². The van der Waals surface area contributed by atoms with Crippen LogP contribution in [0.1, 0.15) is 45.6 Å². The fourth-order valence-electron chi connectivity index (χ4n) is 3.97. The van der Waals surface area contributed by atoms with Crippen molar-refractivity contribution in [2.24, 2.45) is 0 Å². The van der Waals surface area contributed by atoms with E-state index in [9.17, 15) is 18.0 Å². The third kappa shape index (κ3) is 6.12. The zero-order chi connectivity index (χ0) is 22.6. The van der Waals surface area contributed by atoms with Gasteiger partial charge in [0.1, 0.15) is 5.60 Å². The van der Waals surface area contributed by atoms with Crippen LogP contribution < -0.4 is 9.47 Å². The van der Waals surface area contributed by atoms with Gasteiger partial charge in [0.25, 0.3) is 5.91 Å². The second-order valence-corrected chi connectivity index (χ2v) is 11.0. The number of carbonyl (C=O) groups is 2. The van der Waals surface area contributed by atoms with Crippen molar-refractivity contribution in [2.75, 3.05) is 31.3 Å². The number of rotatable bonds is 9. The van der Waals surface area contributed by atoms with Crippen LogP contribution in [0.5, 0.6) is 11.5 Å². The molecule has 8 nitrogen and oxygen atoms in total. The first-order chi connectivity index (χ1) is 14.6. The van der Waals surface area contributed by atoms with Crippen LogP contribution in [0.3, 0.4) is 0 Å². The summed E-state index contributed by atoms with van der Waals surface area (Å²) in [4.78, 5) is 26.3. The summed E-state index contributed by atoms with van der Waals surface area (Å²) in [5.41, 5.74) is 0.689. The molecule has 1 aromatic rings. The van der Waals surface area contributed by atoms with Gasteiger partial charge in [0, 0.05) is 24.6 Å². The molecule has 1 saturated heterocycles. The van der Waals surface area contributed by atoms with E-state index in [-0.39, 0.29) is 35.7 Å². The number of carbonyl (C=O) groups excluding carboxylic acids is 2. The lowest BCUT2D eigenvalue weighted by Gasteiger charge is -2.28. The Morgan fingerprint density at radius 2 is 2.03 bits per heavy atom. The fraction of sp³-hybridized carbons (Fsp3) is 0.636. The van der Waals surface area contributed by atoms with Crippen LogP contribution >= 0.6 is 0 Å². The Hall–Kier alpha value is -2.29. The molecule has 0 radical (unpaired) electrons. The van der Waals surface area contributed by atoms with E-state index in [2.05, 4.69) is 0 Å². The van der Waals surface area contributed by atoms with Gasteiger partial charge in [0.15, 0.2) is 34.6 Å². The largest absolute Gasteiger partial charge is 0.483 e. The normalized spacial score (nSPS) is 20.5. The molecular formula is C22H31NO7S. The monoisotopic (exact) mass is 453 g/mol. The molecule has 0 aromatic heterocycles. The van der Waals surface area contributed by atoms with E-state index in [0.29, 0.717) is 24.5 Å². The van der Waals surface area contributed by atoms with Crippen molar-refractivity contribution in [1.29, 1.82) is 0 Å². The van der Waals surface area contributed by atoms with Crippen LogP contribution in [-0.2, 0) is 30.6 Å². The van der Waals surface area contributed by atoms with Crippen LogP contribution in [0.15, 0.2) is 18.2 Å². The molecule has 1 fully saturated rings. The highest BCUT2D eigenvalue weighted by Crippen LogP contribution is 2.41. The smallest absolute Gasteiger partial charge is 0.344 e. The quantitative estimate of drug-likeness (QED) is 0.528. The molecular weight excluding hydrogens is 422 g/mol. The fourth-order valence-corrected chi connectivity index (χ4v) is 5.70. The standard InChI is InChI=1S/C22H31NO7S/c1-4-5-10-23(17-9-11-31(26,27)15-17)19(24)13-29-20(25)14-28-18-8-6-7-16-12-22(2,3)30-21(16)18/h6-8,17H,4-5,9-15H2,1-3H3. The molecule has 2 heterocycles. The summed E-state index contributed by atoms with van der Waals surface area (Å²) in [5, 5.41) is 0. The number of unbranched alkanes of at least 4 members (excludes halogenated alkanes) is 1. The van der Waals surface area contributed by atoms with Crippen LogP contribution in [0.4, 0.5) is 0 Å². The number of ether oxygens (including phenoxy) is 3. The number of amides is 1. The third-order valence-corrected chi connectivity index (χ3v) is 7.23. The number of fused-ring (bicyclic) bond motifs is 1. The van der Waals surface area contributed by atoms with E-state index in [4.69, 9.17) is 14.2 Å². The van der Waals surface area contributed by atoms with E-state index in [1.54, 1.807) is 11.0 Å². The number of nitrogens with zero attached hydrogens (tertiary/aromatic N) is 1. The summed E-state index contributed by atoms with van der Waals surface area (Å²) in [5.74, 6) is 0.0973. The maximum Gasteiger partial charge on any atom is 0.344 e. The zero-order valence-corrected chi connectivity index (χ0v) is 19.2. The SMILES string of the molecule is CCCCN(C(=O)COC(=O)COc1cccc2c1OC(C)(C)C2)C1CCS(=O)(=O)C1. The van der Waals surface area contributed by atoms with Gasteiger partial charge in [-0.2, -0.15) is 0 Å². The summed E-state index contributed by atoms with van der Waals surface area (Å²) in [7, 11) is -3.12. The van der Waals surface area contributed by atoms with Crippen molar-refractivity contribution in [2.45, 2.75) is 58.1 Å². The van der Waals surface area contributed by atoms with Crippen molar-refractivity contribution in [3.63, 3.8) is 0 Å². The molecule has 2 aliphatic rings. The minimum atomic E-state index is -3.12. The Bertz CT molecular complexity index is 926. The molecule has 31 heavy (non-hydrogen) atoms. The van der Waals surface area contributed by atoms with Gasteiger partial charge < -0.3 is 19.1 Å². The van der Waals surface area contributed by atoms with Gasteiger partial charge >= 0.3 is 5.97 Å². The first kappa shape index (κ1) is 23.4. The molecule has 0 bridgehead atoms. The molecule has 172 valence electrons. The van der Waals surface area contributed by atoms with Crippen LogP contribution in [0.2, 0.25) is 0 Å². The lowest BCUT2D eigenvalue weighted by molar-refractivity contribution is -0.154. The van der Waals surface area contributed by atoms with E-state index in [1.165, 1.54) is 0 Å². The first-order valence-corrected chi connectivity index (χ1v) is 12.5. The van der Waals surface area contributed by atoms with Crippen LogP contribution in [0, 0.1) is 0 Å². The zero-order valence-electron chi connectivity index (χ0n) is 18.4. The minimum Gasteiger partial charge on any atom is -0.483 e. The molecule has 3 rings (SSSR count). The number of sulfone groups is 1. The Morgan fingerprint density at radius 3 is 2.71 bits per heavy atom. The molecule has 0 spiro atoms. The lowest BCUT2D eigenvalue weighted by atomic mass is 10.0. The summed E-state index contributed by atoms with van der Waals surface area (Å²) in [6, 6.07) is 5.18. The molecule has 0 aliphatic carbocycles. The number of esters is 1. The van der Waals surface area contributed by atoms with Crippen molar-refractivity contribution >= 4 is 21.7 Å². The van der Waals surface area contributed by atoms with E-state index >= 15 is 0 Å². The van der Waals surface area contributed by atoms with Gasteiger partial charge in [0.05, 0.1) is 11.5 Å². The molecule has 0 N–H and O–H groups in total. The highest BCUT2D eigenvalue weighted by Gasteiger charge is 2.35. The average molecular weight is 454 g/mol. The number of hydrogen-bond acceptors (Lipinski definition) is 7. The molecule has 1 aromatic carbocycles. The minimum absolute atomic E-state index is 0.0328. The molecule has 1 unspecified atom stereocenters. The average Bonchev–Trinajstić information content (AvgIpc) is 3.22. The molecule has 1 amide bonds. The predicted octanol–water partition coefficient (Wildman–Crippen LogP) is 2.14. The van der Waals surface area contributed by atoms with E-state index in [0.717, 1.165) is 24.8 Å². The summed E-state index contributed by atoms with van der Waals surface area (Å²) in [6.07, 6.45) is 2.80. The van der Waals surface area contributed by atoms with Gasteiger partial charge in [0.2, 0.25) is 0 Å². The van der Waals surface area contributed by atoms with Crippen molar-refractivity contribution < 1.29 is 32.2 Å². The van der Waals surface area contributed by atoms with Crippen molar-refractivity contribution in [3.05, 3.63) is 23.8 Å². The topological polar surface area (TPSA) is 99.2 Å². The predicted molar refractivity (Wildman–Crippen MR) is 115 cm³/mol.